The highest BCUT2D eigenvalue weighted by molar-refractivity contribution is 5.97. The number of rotatable bonds is 4. The smallest absolute Gasteiger partial charge is 0.230 e. The molecule has 0 spiro atoms. The lowest BCUT2D eigenvalue weighted by Gasteiger charge is -2.24. The zero-order chi connectivity index (χ0) is 25.2. The number of amides is 2. The first-order valence-electron chi connectivity index (χ1n) is 11.7. The Balaban J connectivity index is 1.38. The number of carbonyl (C=O) groups is 2. The van der Waals surface area contributed by atoms with Crippen molar-refractivity contribution >= 4 is 28.5 Å². The Kier molecular flexibility index (Phi) is 4.93. The molecular weight excluding hydrogens is 464 g/mol. The first-order chi connectivity index (χ1) is 17.3. The maximum absolute atomic E-state index is 13.4. The number of aryl methyl sites for hydroxylation is 1. The highest BCUT2D eigenvalue weighted by Gasteiger charge is 2.73. The lowest BCUT2D eigenvalue weighted by atomic mass is 9.88. The second-order valence-corrected chi connectivity index (χ2v) is 9.63. The average molecular weight is 488 g/mol. The Bertz CT molecular complexity index is 1520. The van der Waals surface area contributed by atoms with Crippen LogP contribution in [0.15, 0.2) is 60.9 Å². The Morgan fingerprint density at radius 3 is 2.50 bits per heavy atom. The van der Waals surface area contributed by atoms with Gasteiger partial charge in [-0.1, -0.05) is 0 Å². The first-order valence-corrected chi connectivity index (χ1v) is 11.7. The van der Waals surface area contributed by atoms with E-state index in [9.17, 15) is 18.4 Å². The number of carbonyl (C=O) groups excluding carboxylic acids is 2. The van der Waals surface area contributed by atoms with Gasteiger partial charge in [-0.25, -0.2) is 18.4 Å². The van der Waals surface area contributed by atoms with Crippen LogP contribution in [-0.2, 0) is 15.0 Å². The van der Waals surface area contributed by atoms with Crippen LogP contribution in [0.5, 0.6) is 0 Å². The van der Waals surface area contributed by atoms with Gasteiger partial charge in [0.1, 0.15) is 17.5 Å². The van der Waals surface area contributed by atoms with Gasteiger partial charge in [0.25, 0.3) is 0 Å². The molecule has 2 aromatic carbocycles. The molecule has 1 saturated carbocycles. The van der Waals surface area contributed by atoms with E-state index in [1.54, 1.807) is 34.8 Å². The minimum absolute atomic E-state index is 0.0243. The molecule has 36 heavy (non-hydrogen) atoms. The molecule has 6 rings (SSSR count). The van der Waals surface area contributed by atoms with Crippen LogP contribution in [-0.4, -0.2) is 44.6 Å². The van der Waals surface area contributed by atoms with Crippen molar-refractivity contribution in [3.63, 3.8) is 0 Å². The zero-order valence-electron chi connectivity index (χ0n) is 19.7. The quantitative estimate of drug-likeness (QED) is 0.472. The molecule has 2 amide bonds. The van der Waals surface area contributed by atoms with Gasteiger partial charge >= 0.3 is 0 Å². The van der Waals surface area contributed by atoms with Gasteiger partial charge in [-0.3, -0.25) is 9.59 Å². The highest BCUT2D eigenvalue weighted by atomic mass is 19.1. The van der Waals surface area contributed by atoms with E-state index >= 15 is 0 Å². The topological polar surface area (TPSA) is 80.1 Å². The summed E-state index contributed by atoms with van der Waals surface area (Å²) in [6.07, 6.45) is 2.82. The van der Waals surface area contributed by atoms with Gasteiger partial charge < -0.3 is 10.2 Å². The molecule has 2 fully saturated rings. The molecule has 7 nitrogen and oxygen atoms in total. The number of benzene rings is 2. The van der Waals surface area contributed by atoms with Crippen molar-refractivity contribution in [3.8, 4) is 5.69 Å². The predicted octanol–water partition coefficient (Wildman–Crippen LogP) is 3.99. The summed E-state index contributed by atoms with van der Waals surface area (Å²) >= 11 is 0. The molecule has 1 saturated heterocycles. The van der Waals surface area contributed by atoms with Gasteiger partial charge in [-0.2, -0.15) is 5.10 Å². The van der Waals surface area contributed by atoms with Gasteiger partial charge in [0, 0.05) is 36.7 Å². The van der Waals surface area contributed by atoms with Crippen molar-refractivity contribution in [2.45, 2.75) is 19.3 Å². The molecule has 1 unspecified atom stereocenters. The maximum atomic E-state index is 13.4. The van der Waals surface area contributed by atoms with Crippen molar-refractivity contribution in [3.05, 3.63) is 83.7 Å². The SMILES string of the molecule is CC(=O)N1C[C@@H]2[C@@H](C(=O)Nc3ccc(F)cn3)C2(c2cc3cnn(-c4ccc(F)cc4)c3cc2C)C1. The molecule has 0 radical (unpaired) electrons. The Labute approximate surface area is 205 Å². The van der Waals surface area contributed by atoms with Gasteiger partial charge in [-0.05, 0) is 66.6 Å². The van der Waals surface area contributed by atoms with Crippen LogP contribution in [0.25, 0.3) is 16.6 Å². The van der Waals surface area contributed by atoms with Crippen molar-refractivity contribution in [1.29, 1.82) is 0 Å². The summed E-state index contributed by atoms with van der Waals surface area (Å²) in [6.45, 7) is 4.48. The van der Waals surface area contributed by atoms with Crippen molar-refractivity contribution in [2.75, 3.05) is 18.4 Å². The number of fused-ring (bicyclic) bond motifs is 2. The number of likely N-dealkylation sites (tertiary alicyclic amines) is 1. The van der Waals surface area contributed by atoms with Crippen molar-refractivity contribution in [2.24, 2.45) is 11.8 Å². The molecule has 4 aromatic rings. The minimum Gasteiger partial charge on any atom is -0.342 e. The summed E-state index contributed by atoms with van der Waals surface area (Å²) in [4.78, 5) is 31.3. The number of aromatic nitrogens is 3. The molecule has 2 aromatic heterocycles. The lowest BCUT2D eigenvalue weighted by molar-refractivity contribution is -0.129. The van der Waals surface area contributed by atoms with E-state index in [1.807, 2.05) is 13.0 Å². The molecule has 0 bridgehead atoms. The van der Waals surface area contributed by atoms with E-state index < -0.39 is 11.2 Å². The molecule has 3 atom stereocenters. The molecule has 2 aliphatic rings. The van der Waals surface area contributed by atoms with Crippen LogP contribution in [0, 0.1) is 30.4 Å². The van der Waals surface area contributed by atoms with Crippen LogP contribution in [0.2, 0.25) is 0 Å². The van der Waals surface area contributed by atoms with E-state index in [-0.39, 0.29) is 35.3 Å². The van der Waals surface area contributed by atoms with E-state index in [0.29, 0.717) is 13.1 Å². The second kappa shape index (κ2) is 7.94. The van der Waals surface area contributed by atoms with Crippen LogP contribution < -0.4 is 5.32 Å². The van der Waals surface area contributed by atoms with Gasteiger partial charge in [-0.15, -0.1) is 0 Å². The van der Waals surface area contributed by atoms with E-state index in [1.165, 1.54) is 24.3 Å². The van der Waals surface area contributed by atoms with Gasteiger partial charge in [0.05, 0.1) is 29.5 Å². The average Bonchev–Trinajstić information content (AvgIpc) is 3.12. The van der Waals surface area contributed by atoms with Crippen LogP contribution in [0.4, 0.5) is 14.6 Å². The number of nitrogens with one attached hydrogen (secondary N) is 1. The molecule has 9 heteroatoms. The summed E-state index contributed by atoms with van der Waals surface area (Å²) in [5, 5.41) is 8.22. The summed E-state index contributed by atoms with van der Waals surface area (Å²) in [5.74, 6) is -1.10. The monoisotopic (exact) mass is 487 g/mol. The largest absolute Gasteiger partial charge is 0.342 e. The fraction of sp³-hybridized carbons (Fsp3) is 0.259. The first kappa shape index (κ1) is 22.3. The molecular formula is C27H23F2N5O2. The number of piperidine rings is 1. The summed E-state index contributed by atoms with van der Waals surface area (Å²) in [5.41, 5.74) is 3.08. The number of nitrogens with zero attached hydrogens (tertiary/aromatic N) is 4. The second-order valence-electron chi connectivity index (χ2n) is 9.63. The lowest BCUT2D eigenvalue weighted by Crippen LogP contribution is -2.36. The third-order valence-electron chi connectivity index (χ3n) is 7.57. The number of anilines is 1. The van der Waals surface area contributed by atoms with Crippen LogP contribution in [0.1, 0.15) is 18.1 Å². The van der Waals surface area contributed by atoms with E-state index in [4.69, 9.17) is 0 Å². The third-order valence-corrected chi connectivity index (χ3v) is 7.57. The summed E-state index contributed by atoms with van der Waals surface area (Å²) in [6, 6.07) is 12.9. The summed E-state index contributed by atoms with van der Waals surface area (Å²) in [7, 11) is 0. The molecule has 1 N–H and O–H groups in total. The Morgan fingerprint density at radius 1 is 1.06 bits per heavy atom. The fourth-order valence-corrected chi connectivity index (χ4v) is 5.85. The summed E-state index contributed by atoms with van der Waals surface area (Å²) < 4.78 is 28.4. The predicted molar refractivity (Wildman–Crippen MR) is 130 cm³/mol. The maximum Gasteiger partial charge on any atom is 0.230 e. The van der Waals surface area contributed by atoms with E-state index in [0.717, 1.165) is 33.9 Å². The normalized spacial score (nSPS) is 22.5. The van der Waals surface area contributed by atoms with E-state index in [2.05, 4.69) is 21.5 Å². The number of hydrogen-bond acceptors (Lipinski definition) is 4. The van der Waals surface area contributed by atoms with Crippen molar-refractivity contribution < 1.29 is 18.4 Å². The zero-order valence-corrected chi connectivity index (χ0v) is 19.7. The number of pyridine rings is 1. The third kappa shape index (κ3) is 3.37. The van der Waals surface area contributed by atoms with Crippen LogP contribution >= 0.6 is 0 Å². The Morgan fingerprint density at radius 2 is 1.81 bits per heavy atom. The Hall–Kier alpha value is -4.14. The fourth-order valence-electron chi connectivity index (χ4n) is 5.85. The minimum atomic E-state index is -0.522. The standard InChI is InChI=1S/C27H23F2N5O2/c1-15-9-23-17(11-31-34(23)20-6-3-18(28)4-7-20)10-21(15)27-14-33(16(2)35)13-22(27)25(27)26(36)32-24-8-5-19(29)12-30-24/h3-12,22,25H,13-14H2,1-2H3,(H,30,32,36)/t22-,25+,27?/m1/s1. The molecule has 182 valence electrons. The number of hydrogen-bond donors (Lipinski definition) is 1. The molecule has 1 aliphatic carbocycles. The number of halogens is 2. The van der Waals surface area contributed by atoms with Crippen molar-refractivity contribution in [1.82, 2.24) is 19.7 Å². The van der Waals surface area contributed by atoms with Crippen LogP contribution in [0.3, 0.4) is 0 Å². The van der Waals surface area contributed by atoms with Gasteiger partial charge in [0.15, 0.2) is 0 Å². The highest BCUT2D eigenvalue weighted by Crippen LogP contribution is 2.65. The molecule has 3 heterocycles. The molecule has 1 aliphatic heterocycles. The van der Waals surface area contributed by atoms with Gasteiger partial charge in [0.2, 0.25) is 11.8 Å².